The summed E-state index contributed by atoms with van der Waals surface area (Å²) >= 11 is 12.1. The average molecular weight is 646 g/mol. The maximum Gasteiger partial charge on any atom is 0.495 e. The Labute approximate surface area is 252 Å². The molecule has 230 valence electrons. The SMILES string of the molecule is O=C(CC(NC(=O)C1CC(=O)N(c2cccc(NC3=NCC(O)CN3)c2)C1)c1cc(Cl)cc(Cl)c1)OOC(=O)C(F)(F)F. The van der Waals surface area contributed by atoms with Gasteiger partial charge in [-0.05, 0) is 42.0 Å². The van der Waals surface area contributed by atoms with Crippen molar-refractivity contribution in [3.63, 3.8) is 0 Å². The summed E-state index contributed by atoms with van der Waals surface area (Å²) in [4.78, 5) is 62.4. The molecule has 1 fully saturated rings. The molecule has 1 saturated heterocycles. The third-order valence-electron chi connectivity index (χ3n) is 6.30. The first-order chi connectivity index (χ1) is 20.3. The van der Waals surface area contributed by atoms with E-state index in [4.69, 9.17) is 23.2 Å². The first-order valence-electron chi connectivity index (χ1n) is 12.7. The number of carbonyl (C=O) groups excluding carboxylic acids is 4. The Bertz CT molecular complexity index is 1420. The summed E-state index contributed by atoms with van der Waals surface area (Å²) in [5.74, 6) is -5.56. The smallest absolute Gasteiger partial charge is 0.389 e. The minimum absolute atomic E-state index is 0.0177. The standard InChI is InChI=1S/C26H24Cl2F3N5O7/c27-15-4-13(5-16(28)7-15)20(9-22(39)42-43-24(41)26(29,30)31)35-23(40)14-6-21(38)36(12-14)18-3-1-2-17(8-18)34-25-32-10-19(37)11-33-25/h1-5,7-8,14,19-20,37H,6,9-12H2,(H,35,40)(H2,32,33,34). The fourth-order valence-corrected chi connectivity index (χ4v) is 4.83. The van der Waals surface area contributed by atoms with E-state index in [1.165, 1.54) is 23.1 Å². The van der Waals surface area contributed by atoms with Gasteiger partial charge in [0.15, 0.2) is 5.96 Å². The molecule has 3 unspecified atom stereocenters. The highest BCUT2D eigenvalue weighted by molar-refractivity contribution is 6.34. The lowest BCUT2D eigenvalue weighted by Crippen LogP contribution is -2.42. The van der Waals surface area contributed by atoms with E-state index in [1.54, 1.807) is 24.3 Å². The number of hydrogen-bond donors (Lipinski definition) is 4. The van der Waals surface area contributed by atoms with Gasteiger partial charge in [-0.2, -0.15) is 13.2 Å². The van der Waals surface area contributed by atoms with Crippen LogP contribution in [0.25, 0.3) is 0 Å². The van der Waals surface area contributed by atoms with Crippen LogP contribution in [0.2, 0.25) is 10.0 Å². The number of halogens is 5. The van der Waals surface area contributed by atoms with Gasteiger partial charge in [-0.3, -0.25) is 14.6 Å². The van der Waals surface area contributed by atoms with Gasteiger partial charge in [0.2, 0.25) is 11.8 Å². The van der Waals surface area contributed by atoms with E-state index >= 15 is 0 Å². The molecular weight excluding hydrogens is 622 g/mol. The average Bonchev–Trinajstić information content (AvgIpc) is 3.33. The number of nitrogens with zero attached hydrogens (tertiary/aromatic N) is 2. The van der Waals surface area contributed by atoms with Crippen LogP contribution in [0.5, 0.6) is 0 Å². The fourth-order valence-electron chi connectivity index (χ4n) is 4.29. The number of aliphatic imine (C=N–C) groups is 1. The van der Waals surface area contributed by atoms with Crippen molar-refractivity contribution in [2.45, 2.75) is 31.2 Å². The summed E-state index contributed by atoms with van der Waals surface area (Å²) in [5, 5.41) is 18.4. The largest absolute Gasteiger partial charge is 0.495 e. The van der Waals surface area contributed by atoms with E-state index in [1.807, 2.05) is 0 Å². The van der Waals surface area contributed by atoms with E-state index in [0.29, 0.717) is 23.9 Å². The van der Waals surface area contributed by atoms with Crippen LogP contribution in [0.4, 0.5) is 24.5 Å². The van der Waals surface area contributed by atoms with Gasteiger partial charge >= 0.3 is 18.1 Å². The van der Waals surface area contributed by atoms with E-state index in [2.05, 4.69) is 30.7 Å². The van der Waals surface area contributed by atoms with Crippen molar-refractivity contribution in [1.82, 2.24) is 10.6 Å². The molecule has 0 radical (unpaired) electrons. The number of guanidine groups is 1. The number of hydrogen-bond acceptors (Lipinski definition) is 10. The summed E-state index contributed by atoms with van der Waals surface area (Å²) in [6.45, 7) is 0.539. The van der Waals surface area contributed by atoms with Gasteiger partial charge in [0.05, 0.1) is 31.0 Å². The lowest BCUT2D eigenvalue weighted by molar-refractivity contribution is -0.286. The lowest BCUT2D eigenvalue weighted by Gasteiger charge is -2.22. The molecule has 17 heteroatoms. The summed E-state index contributed by atoms with van der Waals surface area (Å²) < 4.78 is 37.2. The number of alkyl halides is 3. The maximum atomic E-state index is 13.3. The number of nitrogens with one attached hydrogen (secondary N) is 3. The Kier molecular flexibility index (Phi) is 9.98. The highest BCUT2D eigenvalue weighted by Crippen LogP contribution is 2.30. The molecule has 2 aliphatic heterocycles. The summed E-state index contributed by atoms with van der Waals surface area (Å²) in [6, 6.07) is 9.70. The van der Waals surface area contributed by atoms with Crippen molar-refractivity contribution < 1.29 is 47.2 Å². The first-order valence-corrected chi connectivity index (χ1v) is 13.4. The van der Waals surface area contributed by atoms with Crippen molar-refractivity contribution in [3.05, 3.63) is 58.1 Å². The third kappa shape index (κ3) is 8.72. The third-order valence-corrected chi connectivity index (χ3v) is 6.73. The van der Waals surface area contributed by atoms with Gasteiger partial charge in [0.1, 0.15) is 0 Å². The number of β-amino-alcohol motifs (C(OH)–C–C–N with tert-alkyl or cyclic N) is 1. The van der Waals surface area contributed by atoms with Crippen molar-refractivity contribution in [2.24, 2.45) is 10.9 Å². The van der Waals surface area contributed by atoms with Crippen molar-refractivity contribution in [1.29, 1.82) is 0 Å². The maximum absolute atomic E-state index is 13.3. The number of anilines is 2. The predicted molar refractivity (Wildman–Crippen MR) is 147 cm³/mol. The molecule has 0 bridgehead atoms. The highest BCUT2D eigenvalue weighted by Gasteiger charge is 2.43. The van der Waals surface area contributed by atoms with Crippen LogP contribution in [0.3, 0.4) is 0 Å². The Morgan fingerprint density at radius 2 is 1.86 bits per heavy atom. The molecule has 2 aliphatic rings. The number of aliphatic hydroxyl groups excluding tert-OH is 1. The summed E-state index contributed by atoms with van der Waals surface area (Å²) in [6.07, 6.45) is -6.92. The van der Waals surface area contributed by atoms with E-state index in [-0.39, 0.29) is 41.0 Å². The highest BCUT2D eigenvalue weighted by atomic mass is 35.5. The molecular formula is C26H24Cl2F3N5O7. The summed E-state index contributed by atoms with van der Waals surface area (Å²) in [5.41, 5.74) is 1.30. The Morgan fingerprint density at radius 3 is 2.51 bits per heavy atom. The molecule has 2 amide bonds. The molecule has 4 rings (SSSR count). The molecule has 2 aromatic rings. The molecule has 0 aromatic heterocycles. The zero-order chi connectivity index (χ0) is 31.3. The Balaban J connectivity index is 1.44. The van der Waals surface area contributed by atoms with Crippen LogP contribution in [-0.2, 0) is 29.0 Å². The van der Waals surface area contributed by atoms with Crippen LogP contribution in [0.1, 0.15) is 24.4 Å². The quantitative estimate of drug-likeness (QED) is 0.262. The van der Waals surface area contributed by atoms with Crippen molar-refractivity contribution in [3.8, 4) is 0 Å². The normalized spacial score (nSPS) is 19.2. The summed E-state index contributed by atoms with van der Waals surface area (Å²) in [7, 11) is 0. The fraction of sp³-hybridized carbons (Fsp3) is 0.346. The van der Waals surface area contributed by atoms with E-state index < -0.39 is 48.5 Å². The lowest BCUT2D eigenvalue weighted by atomic mass is 10.0. The molecule has 43 heavy (non-hydrogen) atoms. The Morgan fingerprint density at radius 1 is 1.14 bits per heavy atom. The van der Waals surface area contributed by atoms with Crippen LogP contribution in [-0.4, -0.2) is 66.7 Å². The van der Waals surface area contributed by atoms with Crippen molar-refractivity contribution in [2.75, 3.05) is 29.9 Å². The monoisotopic (exact) mass is 645 g/mol. The zero-order valence-corrected chi connectivity index (χ0v) is 23.5. The molecule has 0 saturated carbocycles. The number of carbonyl (C=O) groups is 4. The molecule has 4 N–H and O–H groups in total. The number of amides is 2. The van der Waals surface area contributed by atoms with Crippen LogP contribution in [0, 0.1) is 5.92 Å². The number of benzene rings is 2. The Hall–Kier alpha value is -4.08. The zero-order valence-electron chi connectivity index (χ0n) is 22.0. The molecule has 3 atom stereocenters. The topological polar surface area (TPSA) is 159 Å². The molecule has 0 aliphatic carbocycles. The minimum Gasteiger partial charge on any atom is -0.389 e. The van der Waals surface area contributed by atoms with Crippen LogP contribution < -0.4 is 20.9 Å². The second kappa shape index (κ2) is 13.5. The van der Waals surface area contributed by atoms with Gasteiger partial charge in [-0.1, -0.05) is 29.3 Å². The van der Waals surface area contributed by atoms with Gasteiger partial charge in [-0.25, -0.2) is 19.4 Å². The van der Waals surface area contributed by atoms with Crippen LogP contribution in [0.15, 0.2) is 47.5 Å². The van der Waals surface area contributed by atoms with Crippen molar-refractivity contribution >= 4 is 64.3 Å². The van der Waals surface area contributed by atoms with Gasteiger partial charge in [-0.15, -0.1) is 0 Å². The van der Waals surface area contributed by atoms with E-state index in [0.717, 1.165) is 0 Å². The molecule has 2 heterocycles. The number of rotatable bonds is 7. The predicted octanol–water partition coefficient (Wildman–Crippen LogP) is 2.89. The second-order valence-electron chi connectivity index (χ2n) is 9.60. The van der Waals surface area contributed by atoms with Crippen LogP contribution >= 0.6 is 23.2 Å². The van der Waals surface area contributed by atoms with Gasteiger partial charge in [0, 0.05) is 40.9 Å². The number of aliphatic hydroxyl groups is 1. The van der Waals surface area contributed by atoms with Gasteiger partial charge < -0.3 is 26.0 Å². The molecule has 2 aromatic carbocycles. The minimum atomic E-state index is -5.39. The molecule has 0 spiro atoms. The van der Waals surface area contributed by atoms with Gasteiger partial charge in [0.25, 0.3) is 0 Å². The second-order valence-corrected chi connectivity index (χ2v) is 10.5. The van der Waals surface area contributed by atoms with E-state index in [9.17, 15) is 37.5 Å². The first kappa shape index (κ1) is 31.8. The molecule has 12 nitrogen and oxygen atoms in total.